The van der Waals surface area contributed by atoms with Gasteiger partial charge < -0.3 is 5.43 Å². The first kappa shape index (κ1) is 14.3. The van der Waals surface area contributed by atoms with Crippen LogP contribution in [0.4, 0.5) is 5.69 Å². The van der Waals surface area contributed by atoms with Crippen LogP contribution in [0, 0.1) is 5.92 Å². The van der Waals surface area contributed by atoms with Gasteiger partial charge in [0, 0.05) is 13.1 Å². The van der Waals surface area contributed by atoms with E-state index in [2.05, 4.69) is 12.3 Å². The first-order valence-electron chi connectivity index (χ1n) is 6.65. The highest BCUT2D eigenvalue weighted by atomic mass is 32.2. The van der Waals surface area contributed by atoms with Crippen molar-refractivity contribution in [2.24, 2.45) is 11.8 Å². The summed E-state index contributed by atoms with van der Waals surface area (Å²) in [5, 5.41) is 0. The number of nitrogens with zero attached hydrogens (tertiary/aromatic N) is 1. The third-order valence-corrected chi connectivity index (χ3v) is 5.53. The lowest BCUT2D eigenvalue weighted by molar-refractivity contribution is 0.445. The Kier molecular flexibility index (Phi) is 4.44. The average molecular weight is 283 g/mol. The van der Waals surface area contributed by atoms with Gasteiger partial charge in [0.15, 0.2) is 0 Å². The van der Waals surface area contributed by atoms with Gasteiger partial charge in [-0.15, -0.1) is 0 Å². The molecule has 0 amide bonds. The predicted molar refractivity (Wildman–Crippen MR) is 76.0 cm³/mol. The molecule has 2 rings (SSSR count). The number of hydrogen-bond donors (Lipinski definition) is 2. The van der Waals surface area contributed by atoms with Gasteiger partial charge in [0.25, 0.3) is 0 Å². The third kappa shape index (κ3) is 2.91. The van der Waals surface area contributed by atoms with Crippen LogP contribution in [-0.2, 0) is 10.0 Å². The van der Waals surface area contributed by atoms with Crippen molar-refractivity contribution in [1.82, 2.24) is 4.31 Å². The summed E-state index contributed by atoms with van der Waals surface area (Å²) >= 11 is 0. The lowest BCUT2D eigenvalue weighted by Crippen LogP contribution is -2.30. The van der Waals surface area contributed by atoms with Gasteiger partial charge in [-0.05, 0) is 30.9 Å². The fraction of sp³-hybridized carbons (Fsp3) is 0.538. The molecule has 1 unspecified atom stereocenters. The van der Waals surface area contributed by atoms with Crippen molar-refractivity contribution in [3.8, 4) is 0 Å². The van der Waals surface area contributed by atoms with Gasteiger partial charge in [-0.1, -0.05) is 25.5 Å². The molecule has 0 radical (unpaired) electrons. The highest BCUT2D eigenvalue weighted by Crippen LogP contribution is 2.29. The maximum atomic E-state index is 12.6. The molecule has 3 N–H and O–H groups in total. The number of nitrogens with one attached hydrogen (secondary N) is 1. The summed E-state index contributed by atoms with van der Waals surface area (Å²) in [6, 6.07) is 6.75. The normalized spacial score (nSPS) is 20.6. The number of para-hydroxylation sites is 1. The molecule has 106 valence electrons. The van der Waals surface area contributed by atoms with Crippen LogP contribution in [-0.4, -0.2) is 25.8 Å². The molecule has 1 heterocycles. The van der Waals surface area contributed by atoms with Crippen molar-refractivity contribution in [3.63, 3.8) is 0 Å². The van der Waals surface area contributed by atoms with E-state index in [1.54, 1.807) is 28.6 Å². The zero-order chi connectivity index (χ0) is 13.9. The Morgan fingerprint density at radius 1 is 1.42 bits per heavy atom. The summed E-state index contributed by atoms with van der Waals surface area (Å²) < 4.78 is 26.8. The second kappa shape index (κ2) is 5.90. The van der Waals surface area contributed by atoms with Crippen molar-refractivity contribution >= 4 is 15.7 Å². The SMILES string of the molecule is CCCC1CCN(S(=O)(=O)c2ccccc2NN)C1. The summed E-state index contributed by atoms with van der Waals surface area (Å²) in [6.45, 7) is 3.35. The molecule has 6 heteroatoms. The fourth-order valence-electron chi connectivity index (χ4n) is 2.61. The van der Waals surface area contributed by atoms with Crippen LogP contribution in [0.1, 0.15) is 26.2 Å². The maximum absolute atomic E-state index is 12.6. The molecule has 0 saturated carbocycles. The van der Waals surface area contributed by atoms with Gasteiger partial charge in [-0.25, -0.2) is 8.42 Å². The van der Waals surface area contributed by atoms with Crippen LogP contribution < -0.4 is 11.3 Å². The largest absolute Gasteiger partial charge is 0.323 e. The van der Waals surface area contributed by atoms with Gasteiger partial charge >= 0.3 is 0 Å². The summed E-state index contributed by atoms with van der Waals surface area (Å²) in [5.74, 6) is 5.87. The monoisotopic (exact) mass is 283 g/mol. The Hall–Kier alpha value is -1.11. The second-order valence-electron chi connectivity index (χ2n) is 4.95. The van der Waals surface area contributed by atoms with Crippen molar-refractivity contribution in [3.05, 3.63) is 24.3 Å². The maximum Gasteiger partial charge on any atom is 0.245 e. The zero-order valence-electron chi connectivity index (χ0n) is 11.2. The van der Waals surface area contributed by atoms with Gasteiger partial charge in [0.2, 0.25) is 10.0 Å². The smallest absolute Gasteiger partial charge is 0.245 e. The van der Waals surface area contributed by atoms with E-state index in [0.717, 1.165) is 19.3 Å². The number of anilines is 1. The Balaban J connectivity index is 2.24. The van der Waals surface area contributed by atoms with Crippen LogP contribution in [0.3, 0.4) is 0 Å². The molecule has 1 aromatic rings. The average Bonchev–Trinajstić information content (AvgIpc) is 2.88. The second-order valence-corrected chi connectivity index (χ2v) is 6.85. The molecule has 1 aliphatic rings. The zero-order valence-corrected chi connectivity index (χ0v) is 12.0. The van der Waals surface area contributed by atoms with Crippen LogP contribution in [0.25, 0.3) is 0 Å². The van der Waals surface area contributed by atoms with Crippen LogP contribution in [0.2, 0.25) is 0 Å². The quantitative estimate of drug-likeness (QED) is 0.638. The molecule has 0 aliphatic carbocycles. The van der Waals surface area contributed by atoms with E-state index in [1.807, 2.05) is 0 Å². The lowest BCUT2D eigenvalue weighted by Gasteiger charge is -2.18. The Morgan fingerprint density at radius 2 is 2.16 bits per heavy atom. The topological polar surface area (TPSA) is 75.4 Å². The lowest BCUT2D eigenvalue weighted by atomic mass is 10.0. The van der Waals surface area contributed by atoms with Crippen molar-refractivity contribution < 1.29 is 8.42 Å². The molecule has 0 spiro atoms. The van der Waals surface area contributed by atoms with Gasteiger partial charge in [-0.2, -0.15) is 4.31 Å². The summed E-state index contributed by atoms with van der Waals surface area (Å²) in [7, 11) is -3.44. The van der Waals surface area contributed by atoms with E-state index in [0.29, 0.717) is 24.7 Å². The van der Waals surface area contributed by atoms with Crippen molar-refractivity contribution in [2.75, 3.05) is 18.5 Å². The Bertz CT molecular complexity index is 530. The number of nitrogens with two attached hydrogens (primary N) is 1. The van der Waals surface area contributed by atoms with Crippen LogP contribution in [0.15, 0.2) is 29.2 Å². The summed E-state index contributed by atoms with van der Waals surface area (Å²) in [4.78, 5) is 0.259. The number of benzene rings is 1. The molecule has 0 bridgehead atoms. The molecule has 1 saturated heterocycles. The van der Waals surface area contributed by atoms with Crippen molar-refractivity contribution in [1.29, 1.82) is 0 Å². The number of rotatable bonds is 5. The van der Waals surface area contributed by atoms with E-state index in [9.17, 15) is 8.42 Å². The number of nitrogen functional groups attached to an aromatic ring is 1. The molecule has 1 aromatic carbocycles. The fourth-order valence-corrected chi connectivity index (χ4v) is 4.30. The van der Waals surface area contributed by atoms with Crippen LogP contribution in [0.5, 0.6) is 0 Å². The predicted octanol–water partition coefficient (Wildman–Crippen LogP) is 1.78. The van der Waals surface area contributed by atoms with E-state index >= 15 is 0 Å². The third-order valence-electron chi connectivity index (χ3n) is 3.61. The standard InChI is InChI=1S/C13H21N3O2S/c1-2-5-11-8-9-16(10-11)19(17,18)13-7-4-3-6-12(13)15-14/h3-4,6-7,11,15H,2,5,8-10,14H2,1H3. The first-order chi connectivity index (χ1) is 9.09. The highest BCUT2D eigenvalue weighted by molar-refractivity contribution is 7.89. The summed E-state index contributed by atoms with van der Waals surface area (Å²) in [5.41, 5.74) is 2.90. The van der Waals surface area contributed by atoms with Gasteiger partial charge in [0.1, 0.15) is 4.90 Å². The minimum Gasteiger partial charge on any atom is -0.323 e. The molecular weight excluding hydrogens is 262 g/mol. The number of hydrazine groups is 1. The molecule has 1 fully saturated rings. The molecule has 5 nitrogen and oxygen atoms in total. The van der Waals surface area contributed by atoms with E-state index < -0.39 is 10.0 Å². The first-order valence-corrected chi connectivity index (χ1v) is 8.09. The number of sulfonamides is 1. The van der Waals surface area contributed by atoms with Gasteiger partial charge in [-0.3, -0.25) is 5.84 Å². The minimum absolute atomic E-state index is 0.259. The van der Waals surface area contributed by atoms with E-state index in [4.69, 9.17) is 5.84 Å². The molecular formula is C13H21N3O2S. The van der Waals surface area contributed by atoms with Crippen LogP contribution >= 0.6 is 0 Å². The molecule has 19 heavy (non-hydrogen) atoms. The Labute approximate surface area is 114 Å². The minimum atomic E-state index is -3.44. The highest BCUT2D eigenvalue weighted by Gasteiger charge is 2.33. The van der Waals surface area contributed by atoms with E-state index in [1.165, 1.54) is 0 Å². The molecule has 1 atom stereocenters. The molecule has 0 aromatic heterocycles. The van der Waals surface area contributed by atoms with Gasteiger partial charge in [0.05, 0.1) is 5.69 Å². The van der Waals surface area contributed by atoms with E-state index in [-0.39, 0.29) is 4.90 Å². The molecule has 1 aliphatic heterocycles. The van der Waals surface area contributed by atoms with Crippen molar-refractivity contribution in [2.45, 2.75) is 31.1 Å². The Morgan fingerprint density at radius 3 is 2.84 bits per heavy atom. The summed E-state index contributed by atoms with van der Waals surface area (Å²) in [6.07, 6.45) is 3.13. The number of hydrogen-bond acceptors (Lipinski definition) is 4.